The smallest absolute Gasteiger partial charge is 0.311 e. The molecule has 2 aromatic carbocycles. The molecule has 3 nitrogen and oxygen atoms in total. The molecule has 0 bridgehead atoms. The molecule has 0 amide bonds. The summed E-state index contributed by atoms with van der Waals surface area (Å²) in [6.45, 7) is 8.96. The number of ether oxygens (including phenoxy) is 1. The van der Waals surface area contributed by atoms with Crippen molar-refractivity contribution in [1.29, 1.82) is 0 Å². The second-order valence-corrected chi connectivity index (χ2v) is 8.13. The lowest BCUT2D eigenvalue weighted by Gasteiger charge is -2.23. The average Bonchev–Trinajstić information content (AvgIpc) is 2.92. The van der Waals surface area contributed by atoms with Crippen LogP contribution in [0.2, 0.25) is 5.02 Å². The Labute approximate surface area is 165 Å². The van der Waals surface area contributed by atoms with Gasteiger partial charge in [0.05, 0.1) is 12.0 Å². The van der Waals surface area contributed by atoms with Crippen LogP contribution in [-0.4, -0.2) is 17.1 Å². The van der Waals surface area contributed by atoms with Gasteiger partial charge >= 0.3 is 5.97 Å². The van der Waals surface area contributed by atoms with Crippen LogP contribution in [-0.2, 0) is 22.5 Å². The lowest BCUT2D eigenvalue weighted by atomic mass is 9.88. The first-order valence-corrected chi connectivity index (χ1v) is 9.68. The fourth-order valence-corrected chi connectivity index (χ4v) is 3.53. The fraction of sp³-hybridized carbons (Fsp3) is 0.348. The number of benzene rings is 2. The van der Waals surface area contributed by atoms with Crippen LogP contribution < -0.4 is 0 Å². The van der Waals surface area contributed by atoms with Crippen LogP contribution in [0.3, 0.4) is 0 Å². The molecule has 3 rings (SSSR count). The lowest BCUT2D eigenvalue weighted by Crippen LogP contribution is -2.30. The van der Waals surface area contributed by atoms with Gasteiger partial charge in [-0.3, -0.25) is 4.79 Å². The Kier molecular flexibility index (Phi) is 5.61. The molecule has 3 aromatic rings. The van der Waals surface area contributed by atoms with Crippen molar-refractivity contribution in [2.45, 2.75) is 40.7 Å². The zero-order valence-corrected chi connectivity index (χ0v) is 17.1. The average molecular weight is 384 g/mol. The quantitative estimate of drug-likeness (QED) is 0.505. The maximum Gasteiger partial charge on any atom is 0.311 e. The van der Waals surface area contributed by atoms with Crippen LogP contribution in [0.25, 0.3) is 10.9 Å². The summed E-state index contributed by atoms with van der Waals surface area (Å²) in [6.07, 6.45) is 0.618. The summed E-state index contributed by atoms with van der Waals surface area (Å²) < 4.78 is 7.57. The molecular weight excluding hydrogens is 358 g/mol. The lowest BCUT2D eigenvalue weighted by molar-refractivity contribution is -0.153. The van der Waals surface area contributed by atoms with Crippen LogP contribution in [0.4, 0.5) is 0 Å². The molecule has 0 aliphatic rings. The van der Waals surface area contributed by atoms with E-state index in [0.717, 1.165) is 17.3 Å². The highest BCUT2D eigenvalue weighted by molar-refractivity contribution is 6.30. The highest BCUT2D eigenvalue weighted by Gasteiger charge is 2.31. The fourth-order valence-electron chi connectivity index (χ4n) is 3.40. The van der Waals surface area contributed by atoms with Gasteiger partial charge in [-0.25, -0.2) is 0 Å². The molecule has 0 fully saturated rings. The zero-order chi connectivity index (χ0) is 19.6. The Bertz CT molecular complexity index is 954. The van der Waals surface area contributed by atoms with E-state index in [1.165, 1.54) is 22.0 Å². The molecule has 0 saturated heterocycles. The van der Waals surface area contributed by atoms with Crippen molar-refractivity contribution in [3.63, 3.8) is 0 Å². The van der Waals surface area contributed by atoms with Gasteiger partial charge in [-0.1, -0.05) is 35.4 Å². The number of nitrogens with zero attached hydrogens (tertiary/aromatic N) is 1. The van der Waals surface area contributed by atoms with Gasteiger partial charge in [0.2, 0.25) is 0 Å². The Morgan fingerprint density at radius 2 is 1.81 bits per heavy atom. The Balaban J connectivity index is 2.02. The molecule has 4 heteroatoms. The number of rotatable bonds is 6. The highest BCUT2D eigenvalue weighted by atomic mass is 35.5. The van der Waals surface area contributed by atoms with Crippen molar-refractivity contribution in [3.05, 3.63) is 70.4 Å². The summed E-state index contributed by atoms with van der Waals surface area (Å²) in [5.41, 5.74) is 4.11. The van der Waals surface area contributed by atoms with Gasteiger partial charge < -0.3 is 9.30 Å². The van der Waals surface area contributed by atoms with E-state index in [-0.39, 0.29) is 5.97 Å². The molecule has 0 spiro atoms. The number of fused-ring (bicyclic) bond motifs is 1. The molecule has 0 unspecified atom stereocenters. The highest BCUT2D eigenvalue weighted by Crippen LogP contribution is 2.29. The predicted octanol–water partition coefficient (Wildman–Crippen LogP) is 5.78. The molecule has 142 valence electrons. The molecular formula is C23H26ClNO2. The summed E-state index contributed by atoms with van der Waals surface area (Å²) in [5, 5.41) is 1.93. The minimum atomic E-state index is -0.586. The van der Waals surface area contributed by atoms with Crippen molar-refractivity contribution in [2.75, 3.05) is 6.61 Å². The van der Waals surface area contributed by atoms with Crippen LogP contribution in [0.15, 0.2) is 48.5 Å². The minimum absolute atomic E-state index is 0.163. The maximum absolute atomic E-state index is 12.4. The largest absolute Gasteiger partial charge is 0.466 e. The van der Waals surface area contributed by atoms with Crippen LogP contribution in [0, 0.1) is 12.3 Å². The summed E-state index contributed by atoms with van der Waals surface area (Å²) >= 11 is 6.03. The van der Waals surface area contributed by atoms with Crippen LogP contribution in [0.5, 0.6) is 0 Å². The molecule has 0 aliphatic heterocycles. The maximum atomic E-state index is 12.4. The second kappa shape index (κ2) is 7.77. The van der Waals surface area contributed by atoms with E-state index in [2.05, 4.69) is 35.8 Å². The summed E-state index contributed by atoms with van der Waals surface area (Å²) in [7, 11) is 0. The summed E-state index contributed by atoms with van der Waals surface area (Å²) in [4.78, 5) is 12.4. The molecule has 0 atom stereocenters. The van der Waals surface area contributed by atoms with Crippen molar-refractivity contribution < 1.29 is 9.53 Å². The van der Waals surface area contributed by atoms with Crippen molar-refractivity contribution in [2.24, 2.45) is 5.41 Å². The molecule has 1 heterocycles. The molecule has 0 N–H and O–H groups in total. The van der Waals surface area contributed by atoms with Gasteiger partial charge in [0.15, 0.2) is 0 Å². The first-order chi connectivity index (χ1) is 12.8. The molecule has 0 aliphatic carbocycles. The Morgan fingerprint density at radius 1 is 1.11 bits per heavy atom. The van der Waals surface area contributed by atoms with E-state index in [1.807, 2.05) is 45.0 Å². The second-order valence-electron chi connectivity index (χ2n) is 7.69. The number of hydrogen-bond donors (Lipinski definition) is 0. The third-order valence-electron chi connectivity index (χ3n) is 4.85. The number of hydrogen-bond acceptors (Lipinski definition) is 2. The first kappa shape index (κ1) is 19.5. The standard InChI is InChI=1S/C23H26ClNO2/c1-5-27-22(26)23(3,4)14-20-13-18-12-16(2)6-11-21(18)25(20)15-17-7-9-19(24)10-8-17/h6-13H,5,14-15H2,1-4H3. The van der Waals surface area contributed by atoms with E-state index >= 15 is 0 Å². The number of carbonyl (C=O) groups is 1. The van der Waals surface area contributed by atoms with E-state index < -0.39 is 5.41 Å². The van der Waals surface area contributed by atoms with Crippen LogP contribution in [0.1, 0.15) is 37.6 Å². The first-order valence-electron chi connectivity index (χ1n) is 9.30. The molecule has 0 radical (unpaired) electrons. The third kappa shape index (κ3) is 4.36. The van der Waals surface area contributed by atoms with Crippen molar-refractivity contribution in [3.8, 4) is 0 Å². The monoisotopic (exact) mass is 383 g/mol. The van der Waals surface area contributed by atoms with Gasteiger partial charge in [-0.05, 0) is 63.6 Å². The predicted molar refractivity (Wildman–Crippen MR) is 111 cm³/mol. The van der Waals surface area contributed by atoms with E-state index in [1.54, 1.807) is 0 Å². The molecule has 27 heavy (non-hydrogen) atoms. The van der Waals surface area contributed by atoms with Crippen molar-refractivity contribution in [1.82, 2.24) is 4.57 Å². The SMILES string of the molecule is CCOC(=O)C(C)(C)Cc1cc2cc(C)ccc2n1Cc1ccc(Cl)cc1. The van der Waals surface area contributed by atoms with Gasteiger partial charge in [0, 0.05) is 34.6 Å². The number of esters is 1. The minimum Gasteiger partial charge on any atom is -0.466 e. The van der Waals surface area contributed by atoms with E-state index in [0.29, 0.717) is 13.0 Å². The zero-order valence-electron chi connectivity index (χ0n) is 16.4. The van der Waals surface area contributed by atoms with E-state index in [9.17, 15) is 4.79 Å². The number of halogens is 1. The summed E-state index contributed by atoms with van der Waals surface area (Å²) in [6, 6.07) is 16.6. The van der Waals surface area contributed by atoms with Gasteiger partial charge in [0.25, 0.3) is 0 Å². The number of aryl methyl sites for hydroxylation is 1. The van der Waals surface area contributed by atoms with E-state index in [4.69, 9.17) is 16.3 Å². The topological polar surface area (TPSA) is 31.2 Å². The Hall–Kier alpha value is -2.26. The Morgan fingerprint density at radius 3 is 2.48 bits per heavy atom. The summed E-state index contributed by atoms with van der Waals surface area (Å²) in [5.74, 6) is -0.163. The number of aromatic nitrogens is 1. The van der Waals surface area contributed by atoms with Gasteiger partial charge in [0.1, 0.15) is 0 Å². The normalized spacial score (nSPS) is 11.7. The van der Waals surface area contributed by atoms with Gasteiger partial charge in [-0.2, -0.15) is 0 Å². The molecule has 0 saturated carbocycles. The third-order valence-corrected chi connectivity index (χ3v) is 5.10. The number of carbonyl (C=O) groups excluding carboxylic acids is 1. The van der Waals surface area contributed by atoms with Crippen LogP contribution >= 0.6 is 11.6 Å². The molecule has 1 aromatic heterocycles. The van der Waals surface area contributed by atoms with Gasteiger partial charge in [-0.15, -0.1) is 0 Å². The van der Waals surface area contributed by atoms with Crippen molar-refractivity contribution >= 4 is 28.5 Å².